The van der Waals surface area contributed by atoms with Crippen LogP contribution in [0.3, 0.4) is 0 Å². The van der Waals surface area contributed by atoms with Crippen molar-refractivity contribution in [1.29, 1.82) is 0 Å². The number of hydrogen-bond donors (Lipinski definition) is 1. The van der Waals surface area contributed by atoms with Gasteiger partial charge in [0.25, 0.3) is 5.91 Å². The highest BCUT2D eigenvalue weighted by Gasteiger charge is 2.29. The first-order valence-corrected chi connectivity index (χ1v) is 10.2. The molecule has 2 aromatic carbocycles. The standard InChI is InChI=1S/C24H27ClN2O/c1-3-16-27(24(28)21-8-12-22(25)13-9-21)23-14-10-20(11-15-23)19-6-4-18(5-7-19)17-26-2/h1,4-9,12-13,20,23,26H,10-11,14-17H2,2H3/t20-,23-. The lowest BCUT2D eigenvalue weighted by Crippen LogP contribution is -2.42. The second-order valence-corrected chi connectivity index (χ2v) is 7.86. The van der Waals surface area contributed by atoms with Gasteiger partial charge in [0.05, 0.1) is 6.54 Å². The van der Waals surface area contributed by atoms with Crippen molar-refractivity contribution in [3.05, 3.63) is 70.2 Å². The van der Waals surface area contributed by atoms with Crippen LogP contribution in [0, 0.1) is 12.3 Å². The average molecular weight is 395 g/mol. The Morgan fingerprint density at radius 1 is 1.11 bits per heavy atom. The number of carbonyl (C=O) groups excluding carboxylic acids is 1. The number of nitrogens with one attached hydrogen (secondary N) is 1. The molecule has 0 unspecified atom stereocenters. The molecular weight excluding hydrogens is 368 g/mol. The first-order valence-electron chi connectivity index (χ1n) is 9.85. The van der Waals surface area contributed by atoms with Gasteiger partial charge in [-0.15, -0.1) is 6.42 Å². The molecule has 0 aromatic heterocycles. The largest absolute Gasteiger partial charge is 0.325 e. The molecule has 0 saturated heterocycles. The van der Waals surface area contributed by atoms with Crippen molar-refractivity contribution in [3.63, 3.8) is 0 Å². The molecule has 0 heterocycles. The predicted molar refractivity (Wildman–Crippen MR) is 116 cm³/mol. The summed E-state index contributed by atoms with van der Waals surface area (Å²) >= 11 is 5.95. The second-order valence-electron chi connectivity index (χ2n) is 7.42. The molecule has 0 radical (unpaired) electrons. The molecule has 1 fully saturated rings. The van der Waals surface area contributed by atoms with Crippen LogP contribution in [0.2, 0.25) is 5.02 Å². The van der Waals surface area contributed by atoms with Crippen molar-refractivity contribution < 1.29 is 4.79 Å². The van der Waals surface area contributed by atoms with Crippen molar-refractivity contribution in [3.8, 4) is 12.3 Å². The third-order valence-corrected chi connectivity index (χ3v) is 5.84. The molecule has 3 nitrogen and oxygen atoms in total. The zero-order chi connectivity index (χ0) is 19.9. The van der Waals surface area contributed by atoms with Gasteiger partial charge >= 0.3 is 0 Å². The van der Waals surface area contributed by atoms with Crippen LogP contribution in [0.1, 0.15) is 53.1 Å². The van der Waals surface area contributed by atoms with Crippen LogP contribution in [0.4, 0.5) is 0 Å². The quantitative estimate of drug-likeness (QED) is 0.709. The van der Waals surface area contributed by atoms with Crippen molar-refractivity contribution in [2.24, 2.45) is 0 Å². The summed E-state index contributed by atoms with van der Waals surface area (Å²) in [4.78, 5) is 14.8. The van der Waals surface area contributed by atoms with Crippen LogP contribution in [0.5, 0.6) is 0 Å². The van der Waals surface area contributed by atoms with E-state index in [2.05, 4.69) is 35.5 Å². The third-order valence-electron chi connectivity index (χ3n) is 5.58. The van der Waals surface area contributed by atoms with Crippen molar-refractivity contribution in [1.82, 2.24) is 10.2 Å². The van der Waals surface area contributed by atoms with Gasteiger partial charge in [-0.1, -0.05) is 41.8 Å². The van der Waals surface area contributed by atoms with Crippen LogP contribution >= 0.6 is 11.6 Å². The fraction of sp³-hybridized carbons (Fsp3) is 0.375. The smallest absolute Gasteiger partial charge is 0.254 e. The van der Waals surface area contributed by atoms with E-state index < -0.39 is 0 Å². The molecule has 146 valence electrons. The summed E-state index contributed by atoms with van der Waals surface area (Å²) < 4.78 is 0. The van der Waals surface area contributed by atoms with Crippen molar-refractivity contribution in [2.75, 3.05) is 13.6 Å². The minimum atomic E-state index is -0.00511. The second kappa shape index (κ2) is 9.78. The Hall–Kier alpha value is -2.28. The van der Waals surface area contributed by atoms with Gasteiger partial charge in [-0.3, -0.25) is 4.79 Å². The SMILES string of the molecule is C#CCN(C(=O)c1ccc(Cl)cc1)[C@H]1CC[C@H](c2ccc(CNC)cc2)CC1. The Kier molecular flexibility index (Phi) is 7.14. The van der Waals surface area contributed by atoms with E-state index >= 15 is 0 Å². The first-order chi connectivity index (χ1) is 13.6. The molecule has 0 bridgehead atoms. The minimum Gasteiger partial charge on any atom is -0.325 e. The van der Waals surface area contributed by atoms with Crippen LogP contribution in [-0.4, -0.2) is 30.4 Å². The van der Waals surface area contributed by atoms with Gasteiger partial charge in [-0.25, -0.2) is 0 Å². The van der Waals surface area contributed by atoms with Gasteiger partial charge in [0.2, 0.25) is 0 Å². The Bertz CT molecular complexity index is 815. The van der Waals surface area contributed by atoms with Gasteiger partial charge in [-0.05, 0) is 74.0 Å². The molecule has 3 rings (SSSR count). The fourth-order valence-corrected chi connectivity index (χ4v) is 4.18. The summed E-state index contributed by atoms with van der Waals surface area (Å²) in [6.45, 7) is 1.23. The van der Waals surface area contributed by atoms with Gasteiger partial charge in [0.1, 0.15) is 0 Å². The highest BCUT2D eigenvalue weighted by molar-refractivity contribution is 6.30. The molecular formula is C24H27ClN2O. The summed E-state index contributed by atoms with van der Waals surface area (Å²) in [5.74, 6) is 3.21. The van der Waals surface area contributed by atoms with Gasteiger partial charge in [0, 0.05) is 23.2 Å². The third kappa shape index (κ3) is 4.95. The fourth-order valence-electron chi connectivity index (χ4n) is 4.06. The van der Waals surface area contributed by atoms with Gasteiger partial charge in [0.15, 0.2) is 0 Å². The van der Waals surface area contributed by atoms with Gasteiger partial charge in [-0.2, -0.15) is 0 Å². The molecule has 0 spiro atoms. The number of rotatable bonds is 6. The number of carbonyl (C=O) groups is 1. The maximum Gasteiger partial charge on any atom is 0.254 e. The molecule has 1 N–H and O–H groups in total. The lowest BCUT2D eigenvalue weighted by atomic mass is 9.81. The number of benzene rings is 2. The van der Waals surface area contributed by atoms with E-state index in [1.165, 1.54) is 11.1 Å². The van der Waals surface area contributed by atoms with Gasteiger partial charge < -0.3 is 10.2 Å². The summed E-state index contributed by atoms with van der Waals surface area (Å²) in [6.07, 6.45) is 9.66. The Labute approximate surface area is 173 Å². The molecule has 1 saturated carbocycles. The number of nitrogens with zero attached hydrogens (tertiary/aromatic N) is 1. The number of hydrogen-bond acceptors (Lipinski definition) is 2. The Balaban J connectivity index is 1.64. The molecule has 28 heavy (non-hydrogen) atoms. The van der Waals surface area contributed by atoms with E-state index in [1.807, 2.05) is 11.9 Å². The highest BCUT2D eigenvalue weighted by atomic mass is 35.5. The van der Waals surface area contributed by atoms with E-state index in [-0.39, 0.29) is 11.9 Å². The normalized spacial score (nSPS) is 19.0. The number of terminal acetylenes is 1. The average Bonchev–Trinajstić information content (AvgIpc) is 2.73. The van der Waals surface area contributed by atoms with Crippen molar-refractivity contribution >= 4 is 17.5 Å². The van der Waals surface area contributed by atoms with E-state index in [1.54, 1.807) is 24.3 Å². The minimum absolute atomic E-state index is 0.00511. The van der Waals surface area contributed by atoms with E-state index in [0.29, 0.717) is 23.0 Å². The summed E-state index contributed by atoms with van der Waals surface area (Å²) in [6, 6.07) is 16.1. The predicted octanol–water partition coefficient (Wildman–Crippen LogP) is 4.86. The summed E-state index contributed by atoms with van der Waals surface area (Å²) in [7, 11) is 1.96. The van der Waals surface area contributed by atoms with Crippen LogP contribution < -0.4 is 5.32 Å². The highest BCUT2D eigenvalue weighted by Crippen LogP contribution is 2.35. The van der Waals surface area contributed by atoms with E-state index in [9.17, 15) is 4.79 Å². The van der Waals surface area contributed by atoms with E-state index in [0.717, 1.165) is 32.2 Å². The lowest BCUT2D eigenvalue weighted by molar-refractivity contribution is 0.0660. The molecule has 4 heteroatoms. The Morgan fingerprint density at radius 2 is 1.75 bits per heavy atom. The van der Waals surface area contributed by atoms with E-state index in [4.69, 9.17) is 18.0 Å². The zero-order valence-electron chi connectivity index (χ0n) is 16.3. The van der Waals surface area contributed by atoms with Crippen LogP contribution in [-0.2, 0) is 6.54 Å². The van der Waals surface area contributed by atoms with Crippen LogP contribution in [0.15, 0.2) is 48.5 Å². The van der Waals surface area contributed by atoms with Crippen molar-refractivity contribution in [2.45, 2.75) is 44.2 Å². The lowest BCUT2D eigenvalue weighted by Gasteiger charge is -2.36. The molecule has 0 atom stereocenters. The topological polar surface area (TPSA) is 32.3 Å². The van der Waals surface area contributed by atoms with Crippen LogP contribution in [0.25, 0.3) is 0 Å². The molecule has 1 aliphatic carbocycles. The molecule has 2 aromatic rings. The Morgan fingerprint density at radius 3 is 2.32 bits per heavy atom. The number of amides is 1. The number of halogens is 1. The summed E-state index contributed by atoms with van der Waals surface area (Å²) in [5, 5.41) is 3.81. The summed E-state index contributed by atoms with van der Waals surface area (Å²) in [5.41, 5.74) is 3.33. The first kappa shape index (κ1) is 20.5. The maximum absolute atomic E-state index is 13.0. The molecule has 0 aliphatic heterocycles. The zero-order valence-corrected chi connectivity index (χ0v) is 17.1. The maximum atomic E-state index is 13.0. The molecule has 1 aliphatic rings. The molecule has 1 amide bonds. The monoisotopic (exact) mass is 394 g/mol.